The van der Waals surface area contributed by atoms with Crippen LogP contribution in [-0.2, 0) is 6.54 Å². The third kappa shape index (κ3) is 5.04. The number of carbonyl (C=O) groups is 1. The van der Waals surface area contributed by atoms with Gasteiger partial charge in [0.15, 0.2) is 0 Å². The lowest BCUT2D eigenvalue weighted by molar-refractivity contribution is 0.234. The summed E-state index contributed by atoms with van der Waals surface area (Å²) in [4.78, 5) is 17.1. The smallest absolute Gasteiger partial charge is 0.315 e. The predicted octanol–water partition coefficient (Wildman–Crippen LogP) is 3.09. The van der Waals surface area contributed by atoms with Crippen molar-refractivity contribution in [1.82, 2.24) is 15.5 Å². The summed E-state index contributed by atoms with van der Waals surface area (Å²) >= 11 is 0. The van der Waals surface area contributed by atoms with E-state index in [2.05, 4.69) is 69.0 Å². The molecule has 0 spiro atoms. The molecule has 5 nitrogen and oxygen atoms in total. The van der Waals surface area contributed by atoms with Gasteiger partial charge in [0.2, 0.25) is 0 Å². The summed E-state index contributed by atoms with van der Waals surface area (Å²) in [7, 11) is 0. The van der Waals surface area contributed by atoms with Gasteiger partial charge in [-0.15, -0.1) is 0 Å². The maximum absolute atomic E-state index is 12.3. The summed E-state index contributed by atoms with van der Waals surface area (Å²) in [6.45, 7) is 5.74. The van der Waals surface area contributed by atoms with E-state index in [1.165, 1.54) is 11.3 Å². The Morgan fingerprint density at radius 3 is 2.46 bits per heavy atom. The quantitative estimate of drug-likeness (QED) is 0.812. The Hall–Kier alpha value is -2.53. The average molecular weight is 379 g/mol. The van der Waals surface area contributed by atoms with Gasteiger partial charge >= 0.3 is 6.03 Å². The number of nitrogens with zero attached hydrogens (tertiary/aromatic N) is 2. The Labute approximate surface area is 167 Å². The number of anilines is 1. The Morgan fingerprint density at radius 2 is 1.68 bits per heavy atom. The first-order chi connectivity index (χ1) is 13.8. The SMILES string of the molecule is O=C(NC[C@@H]1CCN(c2ccccc2)C1)N[C@@H]1CCN(Cc2ccccc2)C1. The molecule has 2 N–H and O–H groups in total. The van der Waals surface area contributed by atoms with Crippen molar-refractivity contribution in [2.45, 2.75) is 25.4 Å². The number of likely N-dealkylation sites (tertiary alicyclic amines) is 1. The summed E-state index contributed by atoms with van der Waals surface area (Å²) in [6.07, 6.45) is 2.15. The van der Waals surface area contributed by atoms with Crippen LogP contribution >= 0.6 is 0 Å². The third-order valence-corrected chi connectivity index (χ3v) is 5.82. The lowest BCUT2D eigenvalue weighted by Crippen LogP contribution is -2.44. The molecule has 2 aliphatic rings. The molecule has 148 valence electrons. The Bertz CT molecular complexity index is 752. The molecule has 2 fully saturated rings. The Balaban J connectivity index is 1.15. The fourth-order valence-corrected chi connectivity index (χ4v) is 4.28. The molecular formula is C23H30N4O. The van der Waals surface area contributed by atoms with E-state index >= 15 is 0 Å². The van der Waals surface area contributed by atoms with Gasteiger partial charge in [0, 0.05) is 51.0 Å². The van der Waals surface area contributed by atoms with Gasteiger partial charge in [-0.05, 0) is 36.5 Å². The van der Waals surface area contributed by atoms with Crippen molar-refractivity contribution in [3.63, 3.8) is 0 Å². The van der Waals surface area contributed by atoms with Gasteiger partial charge in [0.1, 0.15) is 0 Å². The van der Waals surface area contributed by atoms with Crippen molar-refractivity contribution in [3.05, 3.63) is 66.2 Å². The zero-order chi connectivity index (χ0) is 19.2. The van der Waals surface area contributed by atoms with Crippen LogP contribution < -0.4 is 15.5 Å². The molecule has 2 aromatic carbocycles. The summed E-state index contributed by atoms with van der Waals surface area (Å²) in [5.74, 6) is 0.518. The van der Waals surface area contributed by atoms with Crippen molar-refractivity contribution in [2.24, 2.45) is 5.92 Å². The molecule has 2 saturated heterocycles. The molecule has 0 aromatic heterocycles. The van der Waals surface area contributed by atoms with E-state index in [-0.39, 0.29) is 12.1 Å². The minimum atomic E-state index is -0.0234. The molecule has 2 atom stereocenters. The molecule has 0 unspecified atom stereocenters. The van der Waals surface area contributed by atoms with Crippen LogP contribution in [0, 0.1) is 5.92 Å². The van der Waals surface area contributed by atoms with Crippen LogP contribution in [0.5, 0.6) is 0 Å². The molecule has 2 heterocycles. The van der Waals surface area contributed by atoms with Crippen molar-refractivity contribution in [2.75, 3.05) is 37.6 Å². The first-order valence-corrected chi connectivity index (χ1v) is 10.4. The number of benzene rings is 2. The van der Waals surface area contributed by atoms with E-state index in [0.717, 1.165) is 52.1 Å². The monoisotopic (exact) mass is 378 g/mol. The van der Waals surface area contributed by atoms with Gasteiger partial charge in [-0.1, -0.05) is 48.5 Å². The third-order valence-electron chi connectivity index (χ3n) is 5.82. The molecule has 0 radical (unpaired) electrons. The van der Waals surface area contributed by atoms with Crippen molar-refractivity contribution in [1.29, 1.82) is 0 Å². The van der Waals surface area contributed by atoms with Crippen LogP contribution in [-0.4, -0.2) is 49.7 Å². The van der Waals surface area contributed by atoms with Crippen LogP contribution in [0.3, 0.4) is 0 Å². The first-order valence-electron chi connectivity index (χ1n) is 10.4. The van der Waals surface area contributed by atoms with Crippen molar-refractivity contribution < 1.29 is 4.79 Å². The number of nitrogens with one attached hydrogen (secondary N) is 2. The van der Waals surface area contributed by atoms with Gasteiger partial charge in [-0.25, -0.2) is 4.79 Å². The van der Waals surface area contributed by atoms with Crippen molar-refractivity contribution in [3.8, 4) is 0 Å². The number of para-hydroxylation sites is 1. The molecule has 0 aliphatic carbocycles. The van der Waals surface area contributed by atoms with E-state index in [1.807, 2.05) is 12.1 Å². The molecular weight excluding hydrogens is 348 g/mol. The van der Waals surface area contributed by atoms with Crippen LogP contribution in [0.25, 0.3) is 0 Å². The number of carbonyl (C=O) groups excluding carboxylic acids is 1. The largest absolute Gasteiger partial charge is 0.371 e. The maximum Gasteiger partial charge on any atom is 0.315 e. The molecule has 4 rings (SSSR count). The molecule has 5 heteroatoms. The van der Waals surface area contributed by atoms with E-state index < -0.39 is 0 Å². The summed E-state index contributed by atoms with van der Waals surface area (Å²) < 4.78 is 0. The highest BCUT2D eigenvalue weighted by Gasteiger charge is 2.25. The fourth-order valence-electron chi connectivity index (χ4n) is 4.28. The molecule has 0 bridgehead atoms. The van der Waals surface area contributed by atoms with Crippen LogP contribution in [0.4, 0.5) is 10.5 Å². The Kier molecular flexibility index (Phi) is 6.12. The van der Waals surface area contributed by atoms with Gasteiger partial charge in [0.05, 0.1) is 0 Å². The molecule has 2 aromatic rings. The van der Waals surface area contributed by atoms with Crippen LogP contribution in [0.1, 0.15) is 18.4 Å². The standard InChI is InChI=1S/C23H30N4O/c28-23(24-15-20-11-14-27(17-20)22-9-5-2-6-10-22)25-21-12-13-26(18-21)16-19-7-3-1-4-8-19/h1-10,20-21H,11-18H2,(H2,24,25,28)/t20-,21+/m0/s1. The summed E-state index contributed by atoms with van der Waals surface area (Å²) in [5.41, 5.74) is 2.61. The highest BCUT2D eigenvalue weighted by molar-refractivity contribution is 5.74. The van der Waals surface area contributed by atoms with E-state index in [9.17, 15) is 4.79 Å². The summed E-state index contributed by atoms with van der Waals surface area (Å²) in [6, 6.07) is 21.3. The first kappa shape index (κ1) is 18.8. The van der Waals surface area contributed by atoms with Gasteiger partial charge in [0.25, 0.3) is 0 Å². The maximum atomic E-state index is 12.3. The lowest BCUT2D eigenvalue weighted by atomic mass is 10.1. The minimum absolute atomic E-state index is 0.0234. The van der Waals surface area contributed by atoms with Gasteiger partial charge < -0.3 is 15.5 Å². The summed E-state index contributed by atoms with van der Waals surface area (Å²) in [5, 5.41) is 6.25. The highest BCUT2D eigenvalue weighted by Crippen LogP contribution is 2.23. The van der Waals surface area contributed by atoms with Crippen LogP contribution in [0.2, 0.25) is 0 Å². The zero-order valence-corrected chi connectivity index (χ0v) is 16.4. The van der Waals surface area contributed by atoms with Crippen LogP contribution in [0.15, 0.2) is 60.7 Å². The topological polar surface area (TPSA) is 47.6 Å². The van der Waals surface area contributed by atoms with E-state index in [1.54, 1.807) is 0 Å². The normalized spacial score (nSPS) is 22.4. The highest BCUT2D eigenvalue weighted by atomic mass is 16.2. The molecule has 0 saturated carbocycles. The number of urea groups is 1. The number of rotatable bonds is 6. The lowest BCUT2D eigenvalue weighted by Gasteiger charge is -2.19. The zero-order valence-electron chi connectivity index (χ0n) is 16.4. The minimum Gasteiger partial charge on any atom is -0.371 e. The fraction of sp³-hybridized carbons (Fsp3) is 0.435. The second-order valence-electron chi connectivity index (χ2n) is 8.00. The predicted molar refractivity (Wildman–Crippen MR) is 113 cm³/mol. The average Bonchev–Trinajstić information content (AvgIpc) is 3.38. The molecule has 2 aliphatic heterocycles. The number of amides is 2. The van der Waals surface area contributed by atoms with Gasteiger partial charge in [-0.2, -0.15) is 0 Å². The molecule has 2 amide bonds. The number of hydrogen-bond donors (Lipinski definition) is 2. The van der Waals surface area contributed by atoms with Crippen molar-refractivity contribution >= 4 is 11.7 Å². The molecule has 28 heavy (non-hydrogen) atoms. The number of hydrogen-bond acceptors (Lipinski definition) is 3. The van der Waals surface area contributed by atoms with Gasteiger partial charge in [-0.3, -0.25) is 4.90 Å². The second-order valence-corrected chi connectivity index (χ2v) is 8.00. The van der Waals surface area contributed by atoms with E-state index in [4.69, 9.17) is 0 Å². The Morgan fingerprint density at radius 1 is 0.929 bits per heavy atom. The second kappa shape index (κ2) is 9.11. The van der Waals surface area contributed by atoms with E-state index in [0.29, 0.717) is 5.92 Å².